The second-order valence-electron chi connectivity index (χ2n) is 2.90. The van der Waals surface area contributed by atoms with Crippen molar-refractivity contribution in [1.82, 2.24) is 0 Å². The molecule has 13 heavy (non-hydrogen) atoms. The first-order valence-electron chi connectivity index (χ1n) is 3.84. The van der Waals surface area contributed by atoms with Gasteiger partial charge in [-0.2, -0.15) is 0 Å². The zero-order valence-corrected chi connectivity index (χ0v) is 6.86. The van der Waals surface area contributed by atoms with Gasteiger partial charge < -0.3 is 9.90 Å². The summed E-state index contributed by atoms with van der Waals surface area (Å²) in [6.45, 7) is -0.431. The number of aliphatic carboxylic acids is 1. The van der Waals surface area contributed by atoms with Gasteiger partial charge >= 0.3 is 11.8 Å². The van der Waals surface area contributed by atoms with Crippen molar-refractivity contribution < 1.29 is 29.3 Å². The van der Waals surface area contributed by atoms with Crippen molar-refractivity contribution >= 4 is 17.8 Å². The minimum Gasteiger partial charge on any atom is -0.550 e. The normalized spacial score (nSPS) is 20.7. The molecule has 0 atom stereocenters. The van der Waals surface area contributed by atoms with Crippen LogP contribution >= 0.6 is 0 Å². The number of carboxylic acid groups (broad SMARTS) is 1. The minimum absolute atomic E-state index is 0.0254. The molecule has 0 bridgehead atoms. The van der Waals surface area contributed by atoms with E-state index in [0.29, 0.717) is 0 Å². The van der Waals surface area contributed by atoms with E-state index in [1.54, 1.807) is 0 Å². The topological polar surface area (TPSA) is 94.5 Å². The summed E-state index contributed by atoms with van der Waals surface area (Å²) in [4.78, 5) is 32.1. The van der Waals surface area contributed by atoms with Crippen molar-refractivity contribution in [1.29, 1.82) is 0 Å². The van der Waals surface area contributed by atoms with Gasteiger partial charge in [-0.25, -0.2) is 14.8 Å². The fraction of sp³-hybridized carbons (Fsp3) is 0.571. The first-order valence-corrected chi connectivity index (χ1v) is 3.84. The molecule has 1 heterocycles. The largest absolute Gasteiger partial charge is 0.550 e. The van der Waals surface area contributed by atoms with Crippen LogP contribution < -0.4 is 5.11 Å². The number of hydrogen-bond acceptors (Lipinski definition) is 5. The molecule has 6 heteroatoms. The molecule has 1 aliphatic heterocycles. The van der Waals surface area contributed by atoms with E-state index in [1.165, 1.54) is 0 Å². The van der Waals surface area contributed by atoms with Gasteiger partial charge in [0.15, 0.2) is 0 Å². The Kier molecular flexibility index (Phi) is 2.44. The molecule has 6 nitrogen and oxygen atoms in total. The molecule has 0 aromatic carbocycles. The van der Waals surface area contributed by atoms with E-state index in [-0.39, 0.29) is 12.8 Å². The van der Waals surface area contributed by atoms with Gasteiger partial charge in [0.05, 0.1) is 12.8 Å². The number of imide groups is 1. The first kappa shape index (κ1) is 9.82. The standard InChI is InChI=1S/C7H9NO5/c9-5-1-2-6(10)8(5,13)4-3-7(11)12/h13H,1-4H2. The summed E-state index contributed by atoms with van der Waals surface area (Å²) in [7, 11) is 0. The second kappa shape index (κ2) is 3.23. The molecule has 1 fully saturated rings. The number of nitrogens with zero attached hydrogens (tertiary/aromatic N) is 1. The van der Waals surface area contributed by atoms with Gasteiger partial charge in [-0.05, 0) is 0 Å². The Balaban J connectivity index is 2.68. The lowest BCUT2D eigenvalue weighted by atomic mass is 10.4. The lowest BCUT2D eigenvalue weighted by Crippen LogP contribution is -2.51. The molecule has 0 aromatic rings. The van der Waals surface area contributed by atoms with Crippen LogP contribution in [-0.4, -0.2) is 34.2 Å². The van der Waals surface area contributed by atoms with Gasteiger partial charge in [0.1, 0.15) is 6.54 Å². The maximum atomic E-state index is 11.0. The lowest BCUT2D eigenvalue weighted by molar-refractivity contribution is -0.970. The van der Waals surface area contributed by atoms with Crippen LogP contribution in [0.5, 0.6) is 0 Å². The Morgan fingerprint density at radius 3 is 2.23 bits per heavy atom. The average Bonchev–Trinajstić information content (AvgIpc) is 2.31. The Hall–Kier alpha value is -1.27. The monoisotopic (exact) mass is 187 g/mol. The first-order chi connectivity index (χ1) is 5.97. The van der Waals surface area contributed by atoms with E-state index in [9.17, 15) is 24.7 Å². The summed E-state index contributed by atoms with van der Waals surface area (Å²) in [5.41, 5.74) is 0. The predicted molar refractivity (Wildman–Crippen MR) is 35.8 cm³/mol. The van der Waals surface area contributed by atoms with Gasteiger partial charge in [-0.1, -0.05) is 4.65 Å². The maximum absolute atomic E-state index is 11.0. The number of carbonyl (C=O) groups is 3. The van der Waals surface area contributed by atoms with E-state index in [4.69, 9.17) is 0 Å². The number of quaternary nitrogens is 1. The van der Waals surface area contributed by atoms with Gasteiger partial charge in [-0.3, -0.25) is 0 Å². The molecule has 0 radical (unpaired) electrons. The Morgan fingerprint density at radius 1 is 1.38 bits per heavy atom. The van der Waals surface area contributed by atoms with Crippen LogP contribution in [0.4, 0.5) is 0 Å². The van der Waals surface area contributed by atoms with Crippen LogP contribution in [0.15, 0.2) is 0 Å². The molecular weight excluding hydrogens is 178 g/mol. The summed E-state index contributed by atoms with van der Waals surface area (Å²) >= 11 is 0. The second-order valence-corrected chi connectivity index (χ2v) is 2.90. The lowest BCUT2D eigenvalue weighted by Gasteiger charge is -2.18. The Bertz CT molecular complexity index is 256. The smallest absolute Gasteiger partial charge is 0.353 e. The summed E-state index contributed by atoms with van der Waals surface area (Å²) in [6.07, 6.45) is -0.557. The Labute approximate surface area is 73.9 Å². The average molecular weight is 187 g/mol. The van der Waals surface area contributed by atoms with E-state index in [1.807, 2.05) is 0 Å². The molecule has 1 rings (SSSR count). The molecular formula is C7H9NO5. The molecule has 0 unspecified atom stereocenters. The zero-order chi connectivity index (χ0) is 10.1. The highest BCUT2D eigenvalue weighted by molar-refractivity contribution is 5.91. The van der Waals surface area contributed by atoms with E-state index in [2.05, 4.69) is 0 Å². The SMILES string of the molecule is O=C([O-])CC[N+]1(O)C(=O)CCC1=O. The molecule has 0 aromatic heterocycles. The van der Waals surface area contributed by atoms with Crippen LogP contribution in [0.2, 0.25) is 0 Å². The number of carbonyl (C=O) groups excluding carboxylic acids is 3. The Morgan fingerprint density at radius 2 is 1.85 bits per heavy atom. The van der Waals surface area contributed by atoms with E-state index < -0.39 is 35.4 Å². The summed E-state index contributed by atoms with van der Waals surface area (Å²) in [5, 5.41) is 19.5. The number of hydroxylamine groups is 3. The highest BCUT2D eigenvalue weighted by Crippen LogP contribution is 2.19. The van der Waals surface area contributed by atoms with Crippen molar-refractivity contribution in [2.45, 2.75) is 19.3 Å². The number of rotatable bonds is 3. The molecule has 0 spiro atoms. The fourth-order valence-corrected chi connectivity index (χ4v) is 1.23. The number of carboxylic acids is 1. The van der Waals surface area contributed by atoms with Crippen molar-refractivity contribution in [2.24, 2.45) is 0 Å². The minimum atomic E-state index is -1.39. The van der Waals surface area contributed by atoms with E-state index >= 15 is 0 Å². The number of amides is 2. The molecule has 1 saturated heterocycles. The summed E-state index contributed by atoms with van der Waals surface area (Å²) < 4.78 is -1.38. The highest BCUT2D eigenvalue weighted by atomic mass is 16.6. The van der Waals surface area contributed by atoms with Crippen LogP contribution in [0.3, 0.4) is 0 Å². The third-order valence-corrected chi connectivity index (χ3v) is 2.02. The third kappa shape index (κ3) is 1.73. The van der Waals surface area contributed by atoms with Crippen LogP contribution in [0.25, 0.3) is 0 Å². The molecule has 2 amide bonds. The van der Waals surface area contributed by atoms with Gasteiger partial charge in [-0.15, -0.1) is 0 Å². The van der Waals surface area contributed by atoms with E-state index in [0.717, 1.165) is 0 Å². The van der Waals surface area contributed by atoms with Crippen molar-refractivity contribution in [3.05, 3.63) is 0 Å². The van der Waals surface area contributed by atoms with Crippen LogP contribution in [0.1, 0.15) is 19.3 Å². The van der Waals surface area contributed by atoms with Gasteiger partial charge in [0, 0.05) is 12.4 Å². The van der Waals surface area contributed by atoms with Crippen molar-refractivity contribution in [3.63, 3.8) is 0 Å². The molecule has 72 valence electrons. The molecule has 1 aliphatic rings. The molecule has 0 saturated carbocycles. The molecule has 0 aliphatic carbocycles. The predicted octanol–water partition coefficient (Wildman–Crippen LogP) is -1.82. The van der Waals surface area contributed by atoms with Crippen molar-refractivity contribution in [2.75, 3.05) is 6.54 Å². The van der Waals surface area contributed by atoms with Crippen molar-refractivity contribution in [3.8, 4) is 0 Å². The zero-order valence-electron chi connectivity index (χ0n) is 6.86. The van der Waals surface area contributed by atoms with Gasteiger partial charge in [0.2, 0.25) is 0 Å². The quantitative estimate of drug-likeness (QED) is 0.319. The van der Waals surface area contributed by atoms with Gasteiger partial charge in [0.25, 0.3) is 0 Å². The number of likely N-dealkylation sites (tertiary alicyclic amines) is 1. The summed E-state index contributed by atoms with van der Waals surface area (Å²) in [6, 6.07) is 0. The highest BCUT2D eigenvalue weighted by Gasteiger charge is 2.49. The van der Waals surface area contributed by atoms with Crippen LogP contribution in [-0.2, 0) is 14.4 Å². The summed E-state index contributed by atoms with van der Waals surface area (Å²) in [5.74, 6) is -2.68. The molecule has 1 N–H and O–H groups in total. The maximum Gasteiger partial charge on any atom is 0.353 e. The third-order valence-electron chi connectivity index (χ3n) is 2.02. The fourth-order valence-electron chi connectivity index (χ4n) is 1.23. The van der Waals surface area contributed by atoms with Crippen LogP contribution in [0, 0.1) is 0 Å². The number of hydrogen-bond donors (Lipinski definition) is 1.